The largest absolute Gasteiger partial charge is 0.481 e. The van der Waals surface area contributed by atoms with Crippen LogP contribution in [0.25, 0.3) is 33.4 Å². The van der Waals surface area contributed by atoms with Crippen molar-refractivity contribution in [3.63, 3.8) is 0 Å². The van der Waals surface area contributed by atoms with E-state index in [0.717, 1.165) is 33.5 Å². The number of hydrogen-bond donors (Lipinski definition) is 2. The Balaban J connectivity index is 1.58. The third-order valence-corrected chi connectivity index (χ3v) is 6.06. The number of hydrogen-bond acceptors (Lipinski definition) is 3. The van der Waals surface area contributed by atoms with Crippen LogP contribution in [0.5, 0.6) is 0 Å². The van der Waals surface area contributed by atoms with Gasteiger partial charge >= 0.3 is 5.97 Å². The van der Waals surface area contributed by atoms with Crippen LogP contribution in [0.15, 0.2) is 65.6 Å². The summed E-state index contributed by atoms with van der Waals surface area (Å²) < 4.78 is 0. The van der Waals surface area contributed by atoms with E-state index in [1.54, 1.807) is 11.8 Å². The van der Waals surface area contributed by atoms with Crippen LogP contribution in [-0.4, -0.2) is 27.3 Å². The molecule has 0 spiro atoms. The molecular formula is C24H21ClN2O2S. The third-order valence-electron chi connectivity index (χ3n) is 5.03. The van der Waals surface area contributed by atoms with Gasteiger partial charge in [-0.1, -0.05) is 48.0 Å². The highest BCUT2D eigenvalue weighted by atomic mass is 35.5. The Hall–Kier alpha value is -2.76. The molecule has 4 nitrogen and oxygen atoms in total. The summed E-state index contributed by atoms with van der Waals surface area (Å²) in [5, 5.41) is 9.39. The Kier molecular flexibility index (Phi) is 6.11. The number of nitrogens with one attached hydrogen (secondary N) is 1. The second-order valence-electron chi connectivity index (χ2n) is 7.10. The lowest BCUT2D eigenvalue weighted by Gasteiger charge is -2.07. The van der Waals surface area contributed by atoms with Crippen molar-refractivity contribution in [2.45, 2.75) is 24.2 Å². The maximum Gasteiger partial charge on any atom is 0.303 e. The molecule has 4 aromatic rings. The fourth-order valence-corrected chi connectivity index (χ4v) is 4.13. The number of thioether (sulfide) groups is 1. The molecule has 0 radical (unpaired) electrons. The number of aromatic amines is 1. The van der Waals surface area contributed by atoms with E-state index in [9.17, 15) is 4.79 Å². The Morgan fingerprint density at radius 1 is 1.03 bits per heavy atom. The van der Waals surface area contributed by atoms with Crippen LogP contribution >= 0.6 is 23.4 Å². The molecule has 2 aromatic heterocycles. The molecule has 0 aliphatic carbocycles. The summed E-state index contributed by atoms with van der Waals surface area (Å²) in [6, 6.07) is 20.6. The number of aryl methyl sites for hydroxylation is 1. The Morgan fingerprint density at radius 3 is 2.30 bits per heavy atom. The Morgan fingerprint density at radius 2 is 1.67 bits per heavy atom. The molecule has 0 aliphatic heterocycles. The van der Waals surface area contributed by atoms with Crippen LogP contribution < -0.4 is 0 Å². The molecular weight excluding hydrogens is 416 g/mol. The van der Waals surface area contributed by atoms with Crippen LogP contribution in [0.4, 0.5) is 0 Å². The highest BCUT2D eigenvalue weighted by Crippen LogP contribution is 2.31. The maximum absolute atomic E-state index is 10.7. The average Bonchev–Trinajstić information content (AvgIpc) is 3.14. The van der Waals surface area contributed by atoms with Crippen molar-refractivity contribution in [1.29, 1.82) is 0 Å². The summed E-state index contributed by atoms with van der Waals surface area (Å²) in [5.41, 5.74) is 6.67. The molecule has 4 rings (SSSR count). The van der Waals surface area contributed by atoms with Gasteiger partial charge in [0.2, 0.25) is 0 Å². The molecule has 0 saturated carbocycles. The number of nitrogens with zero attached hydrogens (tertiary/aromatic N) is 1. The van der Waals surface area contributed by atoms with Crippen LogP contribution in [-0.2, 0) is 11.2 Å². The van der Waals surface area contributed by atoms with E-state index in [2.05, 4.69) is 47.6 Å². The summed E-state index contributed by atoms with van der Waals surface area (Å²) in [7, 11) is 0. The van der Waals surface area contributed by atoms with E-state index in [1.807, 2.05) is 24.3 Å². The number of aliphatic carboxylic acids is 1. The van der Waals surface area contributed by atoms with Crippen LogP contribution in [0, 0.1) is 0 Å². The van der Waals surface area contributed by atoms with Gasteiger partial charge in [0.25, 0.3) is 0 Å². The minimum Gasteiger partial charge on any atom is -0.481 e. The van der Waals surface area contributed by atoms with Gasteiger partial charge in [0.15, 0.2) is 0 Å². The smallest absolute Gasteiger partial charge is 0.303 e. The molecule has 2 aromatic carbocycles. The first-order valence-electron chi connectivity index (χ1n) is 9.68. The fraction of sp³-hybridized carbons (Fsp3) is 0.167. The fourth-order valence-electron chi connectivity index (χ4n) is 3.46. The SMILES string of the molecule is CSc1ccc(-c2ccc(-c3nc4cc(CCCC(=O)O)[nH]c4cc3Cl)cc2)cc1. The van der Waals surface area contributed by atoms with Gasteiger partial charge in [-0.3, -0.25) is 4.79 Å². The van der Waals surface area contributed by atoms with Crippen LogP contribution in [0.1, 0.15) is 18.5 Å². The third kappa shape index (κ3) is 4.53. The van der Waals surface area contributed by atoms with Crippen molar-refractivity contribution >= 4 is 40.4 Å². The van der Waals surface area contributed by atoms with Crippen molar-refractivity contribution in [3.05, 3.63) is 71.4 Å². The predicted molar refractivity (Wildman–Crippen MR) is 124 cm³/mol. The summed E-state index contributed by atoms with van der Waals surface area (Å²) >= 11 is 8.25. The lowest BCUT2D eigenvalue weighted by atomic mass is 10.0. The second-order valence-corrected chi connectivity index (χ2v) is 8.39. The summed E-state index contributed by atoms with van der Waals surface area (Å²) in [6.07, 6.45) is 3.48. The summed E-state index contributed by atoms with van der Waals surface area (Å²) in [6.45, 7) is 0. The standard InChI is InChI=1S/C24H21ClN2O2S/c1-30-19-11-9-16(10-12-19)15-5-7-17(8-6-15)24-20(25)14-22-21(27-24)13-18(26-22)3-2-4-23(28)29/h5-14,26H,2-4H2,1H3,(H,28,29). The van der Waals surface area contributed by atoms with Gasteiger partial charge in [-0.25, -0.2) is 4.98 Å². The van der Waals surface area contributed by atoms with E-state index in [4.69, 9.17) is 21.7 Å². The number of fused-ring (bicyclic) bond motifs is 1. The second kappa shape index (κ2) is 8.94. The zero-order chi connectivity index (χ0) is 21.1. The van der Waals surface area contributed by atoms with Crippen molar-refractivity contribution in [2.75, 3.05) is 6.26 Å². The number of H-pyrrole nitrogens is 1. The lowest BCUT2D eigenvalue weighted by molar-refractivity contribution is -0.137. The number of carboxylic acids is 1. The monoisotopic (exact) mass is 436 g/mol. The molecule has 30 heavy (non-hydrogen) atoms. The number of benzene rings is 2. The molecule has 0 fully saturated rings. The average molecular weight is 437 g/mol. The van der Waals surface area contributed by atoms with Gasteiger partial charge < -0.3 is 10.1 Å². The summed E-state index contributed by atoms with van der Waals surface area (Å²) in [4.78, 5) is 20.0. The molecule has 0 saturated heterocycles. The van der Waals surface area contributed by atoms with Crippen molar-refractivity contribution < 1.29 is 9.90 Å². The number of carboxylic acid groups (broad SMARTS) is 1. The first kappa shape index (κ1) is 20.5. The number of halogens is 1. The van der Waals surface area contributed by atoms with Gasteiger partial charge in [0.05, 0.1) is 21.7 Å². The van der Waals surface area contributed by atoms with Crippen LogP contribution in [0.2, 0.25) is 5.02 Å². The first-order valence-corrected chi connectivity index (χ1v) is 11.3. The molecule has 0 aliphatic rings. The molecule has 6 heteroatoms. The Labute approximate surface area is 184 Å². The normalized spacial score (nSPS) is 11.1. The lowest BCUT2D eigenvalue weighted by Crippen LogP contribution is -1.95. The topological polar surface area (TPSA) is 66.0 Å². The minimum atomic E-state index is -0.779. The van der Waals surface area contributed by atoms with Crippen molar-refractivity contribution in [3.8, 4) is 22.4 Å². The highest BCUT2D eigenvalue weighted by molar-refractivity contribution is 7.98. The van der Waals surface area contributed by atoms with Gasteiger partial charge in [0, 0.05) is 22.6 Å². The highest BCUT2D eigenvalue weighted by Gasteiger charge is 2.11. The number of pyridine rings is 1. The van der Waals surface area contributed by atoms with Crippen LogP contribution in [0.3, 0.4) is 0 Å². The predicted octanol–water partition coefficient (Wildman–Crippen LogP) is 6.68. The zero-order valence-corrected chi connectivity index (χ0v) is 18.1. The van der Waals surface area contributed by atoms with Gasteiger partial charge in [-0.15, -0.1) is 11.8 Å². The van der Waals surface area contributed by atoms with E-state index in [1.165, 1.54) is 10.5 Å². The number of rotatable bonds is 7. The van der Waals surface area contributed by atoms with Crippen molar-refractivity contribution in [1.82, 2.24) is 9.97 Å². The summed E-state index contributed by atoms with van der Waals surface area (Å²) in [5.74, 6) is -0.779. The van der Waals surface area contributed by atoms with Crippen molar-refractivity contribution in [2.24, 2.45) is 0 Å². The maximum atomic E-state index is 10.7. The number of aromatic nitrogens is 2. The number of carbonyl (C=O) groups is 1. The molecule has 0 unspecified atom stereocenters. The quantitative estimate of drug-likeness (QED) is 0.317. The molecule has 2 heterocycles. The zero-order valence-electron chi connectivity index (χ0n) is 16.5. The van der Waals surface area contributed by atoms with E-state index in [-0.39, 0.29) is 6.42 Å². The first-order chi connectivity index (χ1) is 14.5. The van der Waals surface area contributed by atoms with E-state index < -0.39 is 5.97 Å². The van der Waals surface area contributed by atoms with E-state index in [0.29, 0.717) is 17.9 Å². The minimum absolute atomic E-state index is 0.154. The van der Waals surface area contributed by atoms with Gasteiger partial charge in [-0.2, -0.15) is 0 Å². The van der Waals surface area contributed by atoms with Gasteiger partial charge in [0.1, 0.15) is 0 Å². The molecule has 0 amide bonds. The molecule has 0 bridgehead atoms. The van der Waals surface area contributed by atoms with E-state index >= 15 is 0 Å². The molecule has 0 atom stereocenters. The Bertz CT molecular complexity index is 1180. The molecule has 2 N–H and O–H groups in total. The van der Waals surface area contributed by atoms with Gasteiger partial charge in [-0.05, 0) is 54.5 Å². The molecule has 152 valence electrons.